The van der Waals surface area contributed by atoms with Crippen molar-refractivity contribution in [3.05, 3.63) is 23.8 Å². The molecule has 3 nitrogen and oxygen atoms in total. The van der Waals surface area contributed by atoms with E-state index in [-0.39, 0.29) is 5.75 Å². The highest BCUT2D eigenvalue weighted by Gasteiger charge is 2.01. The number of thiocarbonyl (C=S) groups is 1. The van der Waals surface area contributed by atoms with Crippen molar-refractivity contribution in [2.75, 3.05) is 12.4 Å². The van der Waals surface area contributed by atoms with E-state index < -0.39 is 0 Å². The van der Waals surface area contributed by atoms with Crippen LogP contribution >= 0.6 is 12.2 Å². The van der Waals surface area contributed by atoms with Gasteiger partial charge in [-0.1, -0.05) is 6.07 Å². The Morgan fingerprint density at radius 2 is 2.15 bits per heavy atom. The number of aryl methyl sites for hydroxylation is 1. The maximum Gasteiger partial charge on any atom is 0.170 e. The van der Waals surface area contributed by atoms with E-state index >= 15 is 0 Å². The molecule has 0 aliphatic heterocycles. The Kier molecular flexibility index (Phi) is 3.08. The first-order valence-corrected chi connectivity index (χ1v) is 4.32. The number of phenolic OH excluding ortho intramolecular Hbond substituents is 1. The average Bonchev–Trinajstić information content (AvgIpc) is 2.09. The molecule has 0 saturated heterocycles. The van der Waals surface area contributed by atoms with Crippen LogP contribution in [0, 0.1) is 6.92 Å². The van der Waals surface area contributed by atoms with Gasteiger partial charge in [-0.15, -0.1) is 0 Å². The molecule has 0 aliphatic carbocycles. The minimum Gasteiger partial charge on any atom is -0.506 e. The van der Waals surface area contributed by atoms with Crippen molar-refractivity contribution in [1.29, 1.82) is 0 Å². The zero-order valence-electron chi connectivity index (χ0n) is 7.59. The molecule has 13 heavy (non-hydrogen) atoms. The van der Waals surface area contributed by atoms with Crippen LogP contribution in [0.5, 0.6) is 5.75 Å². The van der Waals surface area contributed by atoms with Crippen molar-refractivity contribution in [3.63, 3.8) is 0 Å². The molecule has 0 saturated carbocycles. The van der Waals surface area contributed by atoms with Gasteiger partial charge in [-0.25, -0.2) is 0 Å². The Hall–Kier alpha value is -1.29. The lowest BCUT2D eigenvalue weighted by molar-refractivity contribution is 0.477. The predicted octanol–water partition coefficient (Wildman–Crippen LogP) is 1.62. The molecule has 0 spiro atoms. The quantitative estimate of drug-likeness (QED) is 0.472. The van der Waals surface area contributed by atoms with Crippen molar-refractivity contribution in [3.8, 4) is 5.75 Å². The van der Waals surface area contributed by atoms with Crippen LogP contribution in [0.4, 0.5) is 5.69 Å². The molecule has 70 valence electrons. The Labute approximate surface area is 82.8 Å². The maximum atomic E-state index is 9.49. The van der Waals surface area contributed by atoms with Crippen molar-refractivity contribution in [1.82, 2.24) is 5.32 Å². The second-order valence-electron chi connectivity index (χ2n) is 2.72. The van der Waals surface area contributed by atoms with E-state index in [9.17, 15) is 5.11 Å². The molecule has 1 rings (SSSR count). The molecule has 0 aliphatic rings. The van der Waals surface area contributed by atoms with Gasteiger partial charge < -0.3 is 15.7 Å². The second kappa shape index (κ2) is 4.09. The van der Waals surface area contributed by atoms with Crippen LogP contribution in [0.1, 0.15) is 5.56 Å². The van der Waals surface area contributed by atoms with Crippen molar-refractivity contribution < 1.29 is 5.11 Å². The fraction of sp³-hybridized carbons (Fsp3) is 0.222. The first-order chi connectivity index (χ1) is 6.13. The molecule has 0 atom stereocenters. The standard InChI is InChI=1S/C9H12N2OS/c1-6-3-4-7(8(12)5-6)11-9(13)10-2/h3-5,12H,1-2H3,(H2,10,11,13). The summed E-state index contributed by atoms with van der Waals surface area (Å²) in [7, 11) is 1.72. The third-order valence-electron chi connectivity index (χ3n) is 1.63. The third kappa shape index (κ3) is 2.59. The monoisotopic (exact) mass is 196 g/mol. The number of benzene rings is 1. The lowest BCUT2D eigenvalue weighted by Gasteiger charge is -2.08. The zero-order chi connectivity index (χ0) is 9.84. The fourth-order valence-electron chi connectivity index (χ4n) is 0.932. The van der Waals surface area contributed by atoms with Gasteiger partial charge in [-0.05, 0) is 36.8 Å². The summed E-state index contributed by atoms with van der Waals surface area (Å²) < 4.78 is 0. The van der Waals surface area contributed by atoms with Gasteiger partial charge in [0.05, 0.1) is 5.69 Å². The molecule has 1 aromatic rings. The summed E-state index contributed by atoms with van der Waals surface area (Å²) in [5.41, 5.74) is 1.63. The summed E-state index contributed by atoms with van der Waals surface area (Å²) in [6.07, 6.45) is 0. The lowest BCUT2D eigenvalue weighted by atomic mass is 10.2. The fourth-order valence-corrected chi connectivity index (χ4v) is 1.04. The zero-order valence-corrected chi connectivity index (χ0v) is 8.40. The first kappa shape index (κ1) is 9.80. The molecule has 4 heteroatoms. The molecule has 3 N–H and O–H groups in total. The Balaban J connectivity index is 2.83. The number of anilines is 1. The molecule has 0 radical (unpaired) electrons. The molecule has 0 heterocycles. The number of nitrogens with one attached hydrogen (secondary N) is 2. The molecule has 0 bridgehead atoms. The highest BCUT2D eigenvalue weighted by molar-refractivity contribution is 7.80. The largest absolute Gasteiger partial charge is 0.506 e. The number of phenols is 1. The molecule has 0 amide bonds. The third-order valence-corrected chi connectivity index (χ3v) is 1.93. The smallest absolute Gasteiger partial charge is 0.170 e. The molecular weight excluding hydrogens is 184 g/mol. The van der Waals surface area contributed by atoms with Gasteiger partial charge in [0.2, 0.25) is 0 Å². The van der Waals surface area contributed by atoms with Gasteiger partial charge in [0.1, 0.15) is 5.75 Å². The molecule has 0 unspecified atom stereocenters. The van der Waals surface area contributed by atoms with E-state index in [2.05, 4.69) is 10.6 Å². The van der Waals surface area contributed by atoms with Gasteiger partial charge in [-0.3, -0.25) is 0 Å². The van der Waals surface area contributed by atoms with Gasteiger partial charge in [0, 0.05) is 7.05 Å². The average molecular weight is 196 g/mol. The Bertz CT molecular complexity index is 325. The SMILES string of the molecule is CNC(=S)Nc1ccc(C)cc1O. The van der Waals surface area contributed by atoms with Crippen LogP contribution in [-0.2, 0) is 0 Å². The summed E-state index contributed by atoms with van der Waals surface area (Å²) >= 11 is 4.90. The maximum absolute atomic E-state index is 9.49. The first-order valence-electron chi connectivity index (χ1n) is 3.92. The van der Waals surface area contributed by atoms with Crippen LogP contribution in [0.15, 0.2) is 18.2 Å². The minimum atomic E-state index is 0.206. The summed E-state index contributed by atoms with van der Waals surface area (Å²) in [5, 5.41) is 15.6. The van der Waals surface area contributed by atoms with Crippen molar-refractivity contribution in [2.24, 2.45) is 0 Å². The summed E-state index contributed by atoms with van der Waals surface area (Å²) in [4.78, 5) is 0. The second-order valence-corrected chi connectivity index (χ2v) is 3.13. The van der Waals surface area contributed by atoms with Crippen LogP contribution in [0.3, 0.4) is 0 Å². The normalized spacial score (nSPS) is 9.38. The number of hydrogen-bond donors (Lipinski definition) is 3. The number of aromatic hydroxyl groups is 1. The van der Waals surface area contributed by atoms with E-state index in [0.29, 0.717) is 10.8 Å². The van der Waals surface area contributed by atoms with Gasteiger partial charge in [-0.2, -0.15) is 0 Å². The van der Waals surface area contributed by atoms with E-state index in [1.165, 1.54) is 0 Å². The minimum absolute atomic E-state index is 0.206. The summed E-state index contributed by atoms with van der Waals surface area (Å²) in [5.74, 6) is 0.206. The van der Waals surface area contributed by atoms with Crippen molar-refractivity contribution >= 4 is 23.0 Å². The van der Waals surface area contributed by atoms with E-state index in [1.807, 2.05) is 13.0 Å². The van der Waals surface area contributed by atoms with E-state index in [1.54, 1.807) is 19.2 Å². The Morgan fingerprint density at radius 3 is 2.69 bits per heavy atom. The van der Waals surface area contributed by atoms with E-state index in [4.69, 9.17) is 12.2 Å². The molecule has 0 aromatic heterocycles. The summed E-state index contributed by atoms with van der Waals surface area (Å²) in [6, 6.07) is 5.37. The van der Waals surface area contributed by atoms with Crippen LogP contribution in [0.25, 0.3) is 0 Å². The topological polar surface area (TPSA) is 44.3 Å². The van der Waals surface area contributed by atoms with Crippen LogP contribution < -0.4 is 10.6 Å². The van der Waals surface area contributed by atoms with E-state index in [0.717, 1.165) is 5.56 Å². The van der Waals surface area contributed by atoms with Crippen LogP contribution in [0.2, 0.25) is 0 Å². The highest BCUT2D eigenvalue weighted by atomic mass is 32.1. The molecule has 0 fully saturated rings. The summed E-state index contributed by atoms with van der Waals surface area (Å²) in [6.45, 7) is 1.92. The number of hydrogen-bond acceptors (Lipinski definition) is 2. The lowest BCUT2D eigenvalue weighted by Crippen LogP contribution is -2.24. The molecular formula is C9H12N2OS. The van der Waals surface area contributed by atoms with Crippen LogP contribution in [-0.4, -0.2) is 17.3 Å². The Morgan fingerprint density at radius 1 is 1.46 bits per heavy atom. The van der Waals surface area contributed by atoms with Gasteiger partial charge in [0.25, 0.3) is 0 Å². The molecule has 1 aromatic carbocycles. The predicted molar refractivity (Wildman–Crippen MR) is 58.1 cm³/mol. The van der Waals surface area contributed by atoms with Gasteiger partial charge in [0.15, 0.2) is 5.11 Å². The van der Waals surface area contributed by atoms with Crippen molar-refractivity contribution in [2.45, 2.75) is 6.92 Å². The number of rotatable bonds is 1. The highest BCUT2D eigenvalue weighted by Crippen LogP contribution is 2.23. The van der Waals surface area contributed by atoms with Gasteiger partial charge >= 0.3 is 0 Å².